The van der Waals surface area contributed by atoms with Crippen LogP contribution in [0.4, 0.5) is 4.39 Å². The van der Waals surface area contributed by atoms with Crippen LogP contribution in [0.15, 0.2) is 35.5 Å². The smallest absolute Gasteiger partial charge is 0.241 e. The largest absolute Gasteiger partial charge is 0.347 e. The van der Waals surface area contributed by atoms with E-state index in [2.05, 4.69) is 14.7 Å². The summed E-state index contributed by atoms with van der Waals surface area (Å²) in [5, 5.41) is 0. The van der Waals surface area contributed by atoms with Gasteiger partial charge >= 0.3 is 0 Å². The molecule has 0 aliphatic carbocycles. The average molecular weight is 298 g/mol. The van der Waals surface area contributed by atoms with Crippen molar-refractivity contribution < 1.29 is 12.8 Å². The number of nitrogens with one attached hydrogen (secondary N) is 2. The zero-order chi connectivity index (χ0) is 14.8. The van der Waals surface area contributed by atoms with E-state index in [0.29, 0.717) is 11.4 Å². The van der Waals surface area contributed by atoms with E-state index in [4.69, 9.17) is 5.73 Å². The molecule has 1 aromatic heterocycles. The van der Waals surface area contributed by atoms with Gasteiger partial charge in [-0.25, -0.2) is 22.5 Å². The SMILES string of the molecule is CC(NS(=O)(=O)c1cc(F)ccc1CN)c1ncc[nH]1. The molecule has 1 unspecified atom stereocenters. The molecule has 1 heterocycles. The van der Waals surface area contributed by atoms with Crippen molar-refractivity contribution in [1.82, 2.24) is 14.7 Å². The van der Waals surface area contributed by atoms with Gasteiger partial charge in [-0.3, -0.25) is 0 Å². The number of halogens is 1. The van der Waals surface area contributed by atoms with E-state index in [1.54, 1.807) is 13.1 Å². The first kappa shape index (κ1) is 14.6. The third-order valence-electron chi connectivity index (χ3n) is 2.80. The maximum absolute atomic E-state index is 13.3. The fraction of sp³-hybridized carbons (Fsp3) is 0.250. The van der Waals surface area contributed by atoms with Crippen LogP contribution < -0.4 is 10.5 Å². The first-order valence-corrected chi connectivity index (χ1v) is 7.42. The van der Waals surface area contributed by atoms with Gasteiger partial charge in [-0.05, 0) is 24.6 Å². The van der Waals surface area contributed by atoms with Gasteiger partial charge in [-0.2, -0.15) is 0 Å². The van der Waals surface area contributed by atoms with Crippen LogP contribution in [0.3, 0.4) is 0 Å². The molecule has 2 rings (SSSR count). The van der Waals surface area contributed by atoms with Gasteiger partial charge in [0.05, 0.1) is 10.9 Å². The summed E-state index contributed by atoms with van der Waals surface area (Å²) < 4.78 is 40.3. The number of nitrogens with two attached hydrogens (primary N) is 1. The molecule has 108 valence electrons. The molecule has 0 aliphatic heterocycles. The number of nitrogens with zero attached hydrogens (tertiary/aromatic N) is 1. The standard InChI is InChI=1S/C12H15FN4O2S/c1-8(12-15-4-5-16-12)17-20(18,19)11-6-10(13)3-2-9(11)7-14/h2-6,8,17H,7,14H2,1H3,(H,15,16). The van der Waals surface area contributed by atoms with E-state index in [1.165, 1.54) is 18.3 Å². The van der Waals surface area contributed by atoms with Crippen LogP contribution in [0.2, 0.25) is 0 Å². The minimum Gasteiger partial charge on any atom is -0.347 e. The molecule has 6 nitrogen and oxygen atoms in total. The molecule has 0 bridgehead atoms. The maximum Gasteiger partial charge on any atom is 0.241 e. The Balaban J connectivity index is 2.33. The lowest BCUT2D eigenvalue weighted by atomic mass is 10.2. The van der Waals surface area contributed by atoms with Gasteiger partial charge in [0.1, 0.15) is 11.6 Å². The van der Waals surface area contributed by atoms with Crippen LogP contribution in [-0.2, 0) is 16.6 Å². The molecule has 0 saturated heterocycles. The Morgan fingerprint density at radius 3 is 2.85 bits per heavy atom. The number of rotatable bonds is 5. The Kier molecular flexibility index (Phi) is 4.17. The summed E-state index contributed by atoms with van der Waals surface area (Å²) in [4.78, 5) is 6.63. The number of aromatic amines is 1. The molecular formula is C12H15FN4O2S. The Bertz CT molecular complexity index is 685. The second-order valence-corrected chi connectivity index (χ2v) is 5.96. The maximum atomic E-state index is 13.3. The highest BCUT2D eigenvalue weighted by molar-refractivity contribution is 7.89. The van der Waals surface area contributed by atoms with Crippen molar-refractivity contribution in [2.24, 2.45) is 5.73 Å². The Hall–Kier alpha value is -1.77. The van der Waals surface area contributed by atoms with Gasteiger partial charge in [0.2, 0.25) is 10.0 Å². The number of imidazole rings is 1. The normalized spacial score (nSPS) is 13.3. The molecule has 0 spiro atoms. The average Bonchev–Trinajstić information content (AvgIpc) is 2.92. The van der Waals surface area contributed by atoms with Crippen LogP contribution >= 0.6 is 0 Å². The predicted octanol–water partition coefficient (Wildman–Crippen LogP) is 1.05. The van der Waals surface area contributed by atoms with E-state index in [0.717, 1.165) is 6.07 Å². The molecule has 8 heteroatoms. The first-order chi connectivity index (χ1) is 9.44. The minimum atomic E-state index is -3.88. The number of benzene rings is 1. The Morgan fingerprint density at radius 1 is 1.50 bits per heavy atom. The summed E-state index contributed by atoms with van der Waals surface area (Å²) in [6.07, 6.45) is 3.11. The summed E-state index contributed by atoms with van der Waals surface area (Å²) in [5.74, 6) is -0.160. The van der Waals surface area contributed by atoms with Crippen LogP contribution in [0, 0.1) is 5.82 Å². The van der Waals surface area contributed by atoms with Crippen LogP contribution in [0.1, 0.15) is 24.4 Å². The molecule has 0 saturated carbocycles. The molecule has 0 aliphatic rings. The van der Waals surface area contributed by atoms with Crippen LogP contribution in [0.25, 0.3) is 0 Å². The van der Waals surface area contributed by atoms with E-state index in [1.807, 2.05) is 0 Å². The highest BCUT2D eigenvalue weighted by Gasteiger charge is 2.22. The van der Waals surface area contributed by atoms with Crippen molar-refractivity contribution in [3.8, 4) is 0 Å². The summed E-state index contributed by atoms with van der Waals surface area (Å²) in [6, 6.07) is 2.93. The van der Waals surface area contributed by atoms with Gasteiger partial charge in [0.25, 0.3) is 0 Å². The van der Waals surface area contributed by atoms with Crippen molar-refractivity contribution in [3.63, 3.8) is 0 Å². The van der Waals surface area contributed by atoms with Crippen molar-refractivity contribution in [2.45, 2.75) is 24.4 Å². The highest BCUT2D eigenvalue weighted by atomic mass is 32.2. The molecule has 4 N–H and O–H groups in total. The van der Waals surface area contributed by atoms with E-state index < -0.39 is 21.9 Å². The van der Waals surface area contributed by atoms with Crippen molar-refractivity contribution in [2.75, 3.05) is 0 Å². The van der Waals surface area contributed by atoms with Crippen LogP contribution in [-0.4, -0.2) is 18.4 Å². The summed E-state index contributed by atoms with van der Waals surface area (Å²) in [6.45, 7) is 1.64. The van der Waals surface area contributed by atoms with Crippen molar-refractivity contribution in [1.29, 1.82) is 0 Å². The molecule has 1 aromatic carbocycles. The van der Waals surface area contributed by atoms with Gasteiger partial charge in [0, 0.05) is 18.9 Å². The zero-order valence-electron chi connectivity index (χ0n) is 10.8. The Labute approximate surface area is 116 Å². The fourth-order valence-electron chi connectivity index (χ4n) is 1.81. The zero-order valence-corrected chi connectivity index (χ0v) is 11.6. The molecule has 0 radical (unpaired) electrons. The molecular weight excluding hydrogens is 283 g/mol. The lowest BCUT2D eigenvalue weighted by molar-refractivity contribution is 0.557. The second-order valence-electron chi connectivity index (χ2n) is 4.27. The van der Waals surface area contributed by atoms with Crippen molar-refractivity contribution in [3.05, 3.63) is 47.8 Å². The van der Waals surface area contributed by atoms with E-state index in [9.17, 15) is 12.8 Å². The van der Waals surface area contributed by atoms with E-state index >= 15 is 0 Å². The number of sulfonamides is 1. The quantitative estimate of drug-likeness (QED) is 0.768. The van der Waals surface area contributed by atoms with Crippen LogP contribution in [0.5, 0.6) is 0 Å². The molecule has 0 fully saturated rings. The molecule has 2 aromatic rings. The van der Waals surface area contributed by atoms with Crippen molar-refractivity contribution >= 4 is 10.0 Å². The number of aromatic nitrogens is 2. The molecule has 20 heavy (non-hydrogen) atoms. The van der Waals surface area contributed by atoms with Gasteiger partial charge in [-0.1, -0.05) is 6.07 Å². The van der Waals surface area contributed by atoms with Gasteiger partial charge in [-0.15, -0.1) is 0 Å². The monoisotopic (exact) mass is 298 g/mol. The van der Waals surface area contributed by atoms with Gasteiger partial charge in [0.15, 0.2) is 0 Å². The fourth-order valence-corrected chi connectivity index (χ4v) is 3.28. The number of hydrogen-bond donors (Lipinski definition) is 3. The first-order valence-electron chi connectivity index (χ1n) is 5.94. The lowest BCUT2D eigenvalue weighted by Crippen LogP contribution is -2.28. The minimum absolute atomic E-state index is 0.00561. The number of hydrogen-bond acceptors (Lipinski definition) is 4. The van der Waals surface area contributed by atoms with E-state index in [-0.39, 0.29) is 11.4 Å². The lowest BCUT2D eigenvalue weighted by Gasteiger charge is -2.14. The third-order valence-corrected chi connectivity index (χ3v) is 4.42. The molecule has 0 amide bonds. The summed E-state index contributed by atoms with van der Waals surface area (Å²) in [5.41, 5.74) is 5.84. The Morgan fingerprint density at radius 2 is 2.25 bits per heavy atom. The third kappa shape index (κ3) is 3.03. The molecule has 1 atom stereocenters. The highest BCUT2D eigenvalue weighted by Crippen LogP contribution is 2.19. The predicted molar refractivity (Wildman–Crippen MR) is 71.6 cm³/mol. The van der Waals surface area contributed by atoms with Gasteiger partial charge < -0.3 is 10.7 Å². The summed E-state index contributed by atoms with van der Waals surface area (Å²) >= 11 is 0. The topological polar surface area (TPSA) is 101 Å². The summed E-state index contributed by atoms with van der Waals surface area (Å²) in [7, 11) is -3.88. The second kappa shape index (κ2) is 5.70. The number of H-pyrrole nitrogens is 1.